The van der Waals surface area contributed by atoms with Crippen molar-refractivity contribution in [2.45, 2.75) is 20.0 Å². The molecule has 0 amide bonds. The van der Waals surface area contributed by atoms with Crippen LogP contribution in [0.4, 0.5) is 5.69 Å². The number of rotatable bonds is 4. The van der Waals surface area contributed by atoms with Crippen LogP contribution in [-0.2, 0) is 22.6 Å². The third-order valence-electron chi connectivity index (χ3n) is 2.81. The normalized spacial score (nSPS) is 10.2. The van der Waals surface area contributed by atoms with E-state index < -0.39 is 0 Å². The lowest BCUT2D eigenvalue weighted by Crippen LogP contribution is -2.08. The van der Waals surface area contributed by atoms with Crippen molar-refractivity contribution in [1.82, 2.24) is 0 Å². The smallest absolute Gasteiger partial charge is 0.310 e. The summed E-state index contributed by atoms with van der Waals surface area (Å²) >= 11 is 0. The monoisotopic (exact) mass is 255 g/mol. The third-order valence-corrected chi connectivity index (χ3v) is 2.81. The maximum absolute atomic E-state index is 11.7. The molecule has 0 aliphatic carbocycles. The first-order valence-corrected chi connectivity index (χ1v) is 6.19. The zero-order chi connectivity index (χ0) is 13.7. The van der Waals surface area contributed by atoms with Gasteiger partial charge in [-0.1, -0.05) is 42.0 Å². The Morgan fingerprint density at radius 3 is 2.53 bits per heavy atom. The molecule has 0 heterocycles. The first kappa shape index (κ1) is 13.1. The summed E-state index contributed by atoms with van der Waals surface area (Å²) in [6, 6.07) is 15.2. The van der Waals surface area contributed by atoms with Gasteiger partial charge in [0.25, 0.3) is 0 Å². The Morgan fingerprint density at radius 2 is 1.84 bits per heavy atom. The summed E-state index contributed by atoms with van der Waals surface area (Å²) in [7, 11) is 0. The predicted octanol–water partition coefficient (Wildman–Crippen LogP) is 2.86. The number of hydrogen-bond acceptors (Lipinski definition) is 3. The second kappa shape index (κ2) is 6.05. The van der Waals surface area contributed by atoms with Crippen LogP contribution < -0.4 is 5.73 Å². The molecule has 0 saturated carbocycles. The lowest BCUT2D eigenvalue weighted by molar-refractivity contribution is -0.144. The van der Waals surface area contributed by atoms with E-state index in [-0.39, 0.29) is 12.4 Å². The molecule has 0 fully saturated rings. The van der Waals surface area contributed by atoms with Crippen LogP contribution in [0.3, 0.4) is 0 Å². The number of aryl methyl sites for hydroxylation is 1. The van der Waals surface area contributed by atoms with Crippen molar-refractivity contribution in [3.63, 3.8) is 0 Å². The van der Waals surface area contributed by atoms with E-state index in [1.807, 2.05) is 43.3 Å². The van der Waals surface area contributed by atoms with Gasteiger partial charge in [0.1, 0.15) is 6.61 Å². The van der Waals surface area contributed by atoms with Crippen molar-refractivity contribution in [3.8, 4) is 0 Å². The number of nitrogen functional groups attached to an aromatic ring is 1. The SMILES string of the molecule is Cc1cccc(COC(=O)Cc2ccc(N)cc2)c1. The van der Waals surface area contributed by atoms with Gasteiger partial charge in [-0.3, -0.25) is 4.79 Å². The predicted molar refractivity (Wildman–Crippen MR) is 75.5 cm³/mol. The van der Waals surface area contributed by atoms with Crippen LogP contribution in [0.1, 0.15) is 16.7 Å². The van der Waals surface area contributed by atoms with E-state index in [0.717, 1.165) is 16.7 Å². The van der Waals surface area contributed by atoms with Crippen LogP contribution in [0.25, 0.3) is 0 Å². The first-order valence-electron chi connectivity index (χ1n) is 6.19. The van der Waals surface area contributed by atoms with Gasteiger partial charge in [-0.25, -0.2) is 0 Å². The fourth-order valence-corrected chi connectivity index (χ4v) is 1.82. The van der Waals surface area contributed by atoms with Crippen LogP contribution >= 0.6 is 0 Å². The summed E-state index contributed by atoms with van der Waals surface area (Å²) in [4.78, 5) is 11.7. The second-order valence-corrected chi connectivity index (χ2v) is 4.57. The van der Waals surface area contributed by atoms with E-state index in [1.54, 1.807) is 12.1 Å². The van der Waals surface area contributed by atoms with Crippen LogP contribution in [0, 0.1) is 6.92 Å². The molecule has 3 heteroatoms. The zero-order valence-electron chi connectivity index (χ0n) is 10.9. The minimum absolute atomic E-state index is 0.230. The molecule has 0 unspecified atom stereocenters. The molecule has 98 valence electrons. The van der Waals surface area contributed by atoms with Gasteiger partial charge in [-0.2, -0.15) is 0 Å². The van der Waals surface area contributed by atoms with E-state index >= 15 is 0 Å². The van der Waals surface area contributed by atoms with Gasteiger partial charge in [0.05, 0.1) is 6.42 Å². The Hall–Kier alpha value is -2.29. The van der Waals surface area contributed by atoms with Gasteiger partial charge in [0, 0.05) is 5.69 Å². The lowest BCUT2D eigenvalue weighted by atomic mass is 10.1. The van der Waals surface area contributed by atoms with Crippen molar-refractivity contribution in [2.24, 2.45) is 0 Å². The van der Waals surface area contributed by atoms with Gasteiger partial charge in [-0.15, -0.1) is 0 Å². The molecule has 0 aliphatic rings. The number of benzene rings is 2. The number of hydrogen-bond donors (Lipinski definition) is 1. The molecule has 19 heavy (non-hydrogen) atoms. The molecule has 0 aromatic heterocycles. The molecule has 2 aromatic carbocycles. The van der Waals surface area contributed by atoms with Crippen molar-refractivity contribution < 1.29 is 9.53 Å². The Balaban J connectivity index is 1.86. The molecule has 2 aromatic rings. The summed E-state index contributed by atoms with van der Waals surface area (Å²) in [6.45, 7) is 2.33. The van der Waals surface area contributed by atoms with Crippen molar-refractivity contribution >= 4 is 11.7 Å². The minimum atomic E-state index is -0.230. The van der Waals surface area contributed by atoms with Crippen LogP contribution in [0.5, 0.6) is 0 Å². The van der Waals surface area contributed by atoms with E-state index in [2.05, 4.69) is 0 Å². The molecule has 0 saturated heterocycles. The molecular formula is C16H17NO2. The van der Waals surface area contributed by atoms with Gasteiger partial charge in [-0.05, 0) is 30.2 Å². The van der Waals surface area contributed by atoms with Crippen LogP contribution in [-0.4, -0.2) is 5.97 Å². The largest absolute Gasteiger partial charge is 0.461 e. The number of carbonyl (C=O) groups excluding carboxylic acids is 1. The summed E-state index contributed by atoms with van der Waals surface area (Å²) in [6.07, 6.45) is 0.270. The molecule has 0 spiro atoms. The number of nitrogens with two attached hydrogens (primary N) is 1. The molecule has 0 radical (unpaired) electrons. The standard InChI is InChI=1S/C16H17NO2/c1-12-3-2-4-14(9-12)11-19-16(18)10-13-5-7-15(17)8-6-13/h2-9H,10-11,17H2,1H3. The highest BCUT2D eigenvalue weighted by Crippen LogP contribution is 2.09. The topological polar surface area (TPSA) is 52.3 Å². The summed E-state index contributed by atoms with van der Waals surface area (Å²) in [5.74, 6) is -0.230. The number of esters is 1. The van der Waals surface area contributed by atoms with Crippen LogP contribution in [0.2, 0.25) is 0 Å². The van der Waals surface area contributed by atoms with Gasteiger partial charge >= 0.3 is 5.97 Å². The molecule has 0 atom stereocenters. The van der Waals surface area contributed by atoms with Crippen molar-refractivity contribution in [2.75, 3.05) is 5.73 Å². The Kier molecular flexibility index (Phi) is 4.18. The molecule has 2 N–H and O–H groups in total. The van der Waals surface area contributed by atoms with E-state index in [1.165, 1.54) is 0 Å². The third kappa shape index (κ3) is 4.14. The van der Waals surface area contributed by atoms with Crippen molar-refractivity contribution in [1.29, 1.82) is 0 Å². The fourth-order valence-electron chi connectivity index (χ4n) is 1.82. The van der Waals surface area contributed by atoms with E-state index in [4.69, 9.17) is 10.5 Å². The minimum Gasteiger partial charge on any atom is -0.461 e. The number of ether oxygens (including phenoxy) is 1. The summed E-state index contributed by atoms with van der Waals surface area (Å²) in [5.41, 5.74) is 9.35. The van der Waals surface area contributed by atoms with Crippen LogP contribution in [0.15, 0.2) is 48.5 Å². The fraction of sp³-hybridized carbons (Fsp3) is 0.188. The molecular weight excluding hydrogens is 238 g/mol. The van der Waals surface area contributed by atoms with Crippen molar-refractivity contribution in [3.05, 3.63) is 65.2 Å². The number of anilines is 1. The zero-order valence-corrected chi connectivity index (χ0v) is 10.9. The lowest BCUT2D eigenvalue weighted by Gasteiger charge is -2.06. The Bertz CT molecular complexity index is 561. The molecule has 3 nitrogen and oxygen atoms in total. The van der Waals surface area contributed by atoms with Gasteiger partial charge < -0.3 is 10.5 Å². The quantitative estimate of drug-likeness (QED) is 0.675. The highest BCUT2D eigenvalue weighted by atomic mass is 16.5. The Morgan fingerprint density at radius 1 is 1.11 bits per heavy atom. The van der Waals surface area contributed by atoms with E-state index in [9.17, 15) is 4.79 Å². The average molecular weight is 255 g/mol. The van der Waals surface area contributed by atoms with Gasteiger partial charge in [0.15, 0.2) is 0 Å². The molecule has 2 rings (SSSR count). The highest BCUT2D eigenvalue weighted by molar-refractivity contribution is 5.72. The number of carbonyl (C=O) groups is 1. The Labute approximate surface area is 113 Å². The summed E-state index contributed by atoms with van der Waals surface area (Å²) < 4.78 is 5.25. The first-order chi connectivity index (χ1) is 9.13. The second-order valence-electron chi connectivity index (χ2n) is 4.57. The van der Waals surface area contributed by atoms with Gasteiger partial charge in [0.2, 0.25) is 0 Å². The molecule has 0 aliphatic heterocycles. The average Bonchev–Trinajstić information content (AvgIpc) is 2.39. The molecule has 0 bridgehead atoms. The maximum atomic E-state index is 11.7. The summed E-state index contributed by atoms with van der Waals surface area (Å²) in [5, 5.41) is 0. The highest BCUT2D eigenvalue weighted by Gasteiger charge is 2.05. The van der Waals surface area contributed by atoms with E-state index in [0.29, 0.717) is 12.3 Å². The maximum Gasteiger partial charge on any atom is 0.310 e.